The van der Waals surface area contributed by atoms with Gasteiger partial charge < -0.3 is 10.1 Å². The molecule has 1 heterocycles. The first-order valence-corrected chi connectivity index (χ1v) is 8.64. The predicted octanol–water partition coefficient (Wildman–Crippen LogP) is 5.09. The highest BCUT2D eigenvalue weighted by molar-refractivity contribution is 14.1. The number of halogens is 3. The number of thiophene rings is 1. The summed E-state index contributed by atoms with van der Waals surface area (Å²) >= 11 is 13.7. The van der Waals surface area contributed by atoms with Gasteiger partial charge in [-0.3, -0.25) is 0 Å². The number of nitrogens with one attached hydrogen (secondary N) is 1. The van der Waals surface area contributed by atoms with Crippen LogP contribution in [-0.2, 0) is 0 Å². The molecule has 0 spiro atoms. The number of benzene rings is 1. The average Bonchev–Trinajstić information content (AvgIpc) is 2.76. The Balaban J connectivity index is 2.54. The SMILES string of the molecule is CNC(c1csc(I)c1)c1cc(Cl)cc(Br)c1OC. The summed E-state index contributed by atoms with van der Waals surface area (Å²) < 4.78 is 7.62. The summed E-state index contributed by atoms with van der Waals surface area (Å²) in [6.07, 6.45) is 0. The van der Waals surface area contributed by atoms with E-state index >= 15 is 0 Å². The lowest BCUT2D eigenvalue weighted by molar-refractivity contribution is 0.403. The van der Waals surface area contributed by atoms with Crippen LogP contribution in [0.3, 0.4) is 0 Å². The van der Waals surface area contributed by atoms with Gasteiger partial charge in [-0.2, -0.15) is 0 Å². The number of ether oxygens (including phenoxy) is 1. The van der Waals surface area contributed by atoms with E-state index in [2.05, 4.69) is 55.3 Å². The lowest BCUT2D eigenvalue weighted by Gasteiger charge is -2.20. The minimum absolute atomic E-state index is 0.0599. The summed E-state index contributed by atoms with van der Waals surface area (Å²) in [5.74, 6) is 0.810. The third kappa shape index (κ3) is 3.44. The molecule has 1 unspecified atom stereocenters. The smallest absolute Gasteiger partial charge is 0.138 e. The summed E-state index contributed by atoms with van der Waals surface area (Å²) in [5.41, 5.74) is 2.24. The van der Waals surface area contributed by atoms with Crippen LogP contribution in [0, 0.1) is 2.88 Å². The van der Waals surface area contributed by atoms with Crippen molar-refractivity contribution in [2.75, 3.05) is 14.2 Å². The van der Waals surface area contributed by atoms with Gasteiger partial charge in [0.1, 0.15) is 5.75 Å². The van der Waals surface area contributed by atoms with Crippen molar-refractivity contribution in [3.8, 4) is 5.75 Å². The molecule has 0 aliphatic carbocycles. The average molecular weight is 473 g/mol. The van der Waals surface area contributed by atoms with Crippen LogP contribution >= 0.6 is 61.5 Å². The Hall–Kier alpha value is 0.180. The van der Waals surface area contributed by atoms with Gasteiger partial charge in [0.2, 0.25) is 0 Å². The van der Waals surface area contributed by atoms with Gasteiger partial charge in [0.15, 0.2) is 0 Å². The number of hydrogen-bond donors (Lipinski definition) is 1. The summed E-state index contributed by atoms with van der Waals surface area (Å²) in [5, 5.41) is 6.16. The standard InChI is InChI=1S/C13H12BrClINOS/c1-17-12(7-3-11(16)19-6-7)9-4-8(15)5-10(14)13(9)18-2/h3-6,12,17H,1-2H3. The lowest BCUT2D eigenvalue weighted by atomic mass is 10.0. The Bertz CT molecular complexity index is 590. The maximum absolute atomic E-state index is 6.16. The van der Waals surface area contributed by atoms with Crippen LogP contribution in [0.2, 0.25) is 5.02 Å². The molecule has 2 nitrogen and oxygen atoms in total. The molecule has 0 bridgehead atoms. The maximum atomic E-state index is 6.16. The Morgan fingerprint density at radius 2 is 2.16 bits per heavy atom. The highest BCUT2D eigenvalue weighted by Gasteiger charge is 2.20. The molecule has 1 aromatic carbocycles. The zero-order valence-electron chi connectivity index (χ0n) is 10.3. The van der Waals surface area contributed by atoms with Crippen molar-refractivity contribution in [1.29, 1.82) is 0 Å². The second-order valence-electron chi connectivity index (χ2n) is 3.92. The summed E-state index contributed by atoms with van der Waals surface area (Å²) in [7, 11) is 3.60. The summed E-state index contributed by atoms with van der Waals surface area (Å²) in [6.45, 7) is 0. The van der Waals surface area contributed by atoms with Gasteiger partial charge in [0.05, 0.1) is 20.5 Å². The largest absolute Gasteiger partial charge is 0.495 e. The third-order valence-corrected chi connectivity index (χ3v) is 5.38. The minimum atomic E-state index is 0.0599. The van der Waals surface area contributed by atoms with Gasteiger partial charge in [0.25, 0.3) is 0 Å². The molecule has 1 N–H and O–H groups in total. The summed E-state index contributed by atoms with van der Waals surface area (Å²) in [6, 6.07) is 6.01. The molecule has 0 saturated heterocycles. The first-order chi connectivity index (χ1) is 9.06. The second kappa shape index (κ2) is 6.76. The molecular weight excluding hydrogens is 460 g/mol. The van der Waals surface area contributed by atoms with Crippen molar-refractivity contribution in [2.24, 2.45) is 0 Å². The van der Waals surface area contributed by atoms with E-state index in [1.807, 2.05) is 19.2 Å². The fourth-order valence-electron chi connectivity index (χ4n) is 1.99. The zero-order chi connectivity index (χ0) is 14.0. The Morgan fingerprint density at radius 3 is 2.68 bits per heavy atom. The topological polar surface area (TPSA) is 21.3 Å². The van der Waals surface area contributed by atoms with Crippen LogP contribution in [0.5, 0.6) is 5.75 Å². The quantitative estimate of drug-likeness (QED) is 0.627. The van der Waals surface area contributed by atoms with E-state index in [9.17, 15) is 0 Å². The van der Waals surface area contributed by atoms with Crippen LogP contribution in [0.4, 0.5) is 0 Å². The fourth-order valence-corrected chi connectivity index (χ4v) is 4.38. The molecule has 0 fully saturated rings. The Labute approximate surface area is 143 Å². The van der Waals surface area contributed by atoms with Gasteiger partial charge in [-0.15, -0.1) is 11.3 Å². The van der Waals surface area contributed by atoms with E-state index in [0.717, 1.165) is 15.8 Å². The monoisotopic (exact) mass is 471 g/mol. The molecule has 102 valence electrons. The van der Waals surface area contributed by atoms with E-state index < -0.39 is 0 Å². The molecule has 0 aliphatic heterocycles. The van der Waals surface area contributed by atoms with Gasteiger partial charge in [-0.05, 0) is 74.7 Å². The Kier molecular flexibility index (Phi) is 5.54. The van der Waals surface area contributed by atoms with Gasteiger partial charge in [0, 0.05) is 10.6 Å². The van der Waals surface area contributed by atoms with E-state index in [-0.39, 0.29) is 6.04 Å². The van der Waals surface area contributed by atoms with Crippen molar-refractivity contribution < 1.29 is 4.74 Å². The van der Waals surface area contributed by atoms with Crippen molar-refractivity contribution >= 4 is 61.5 Å². The summed E-state index contributed by atoms with van der Waals surface area (Å²) in [4.78, 5) is 0. The number of rotatable bonds is 4. The molecule has 0 aliphatic rings. The van der Waals surface area contributed by atoms with Gasteiger partial charge >= 0.3 is 0 Å². The van der Waals surface area contributed by atoms with Crippen molar-refractivity contribution in [3.63, 3.8) is 0 Å². The molecule has 1 aromatic heterocycles. The molecule has 2 aromatic rings. The normalized spacial score (nSPS) is 12.5. The van der Waals surface area contributed by atoms with E-state index in [4.69, 9.17) is 16.3 Å². The molecule has 2 rings (SSSR count). The highest BCUT2D eigenvalue weighted by atomic mass is 127. The molecule has 6 heteroatoms. The van der Waals surface area contributed by atoms with Crippen LogP contribution in [0.1, 0.15) is 17.2 Å². The number of methoxy groups -OCH3 is 1. The van der Waals surface area contributed by atoms with E-state index in [1.54, 1.807) is 18.4 Å². The lowest BCUT2D eigenvalue weighted by Crippen LogP contribution is -2.18. The molecule has 0 amide bonds. The van der Waals surface area contributed by atoms with Crippen molar-refractivity contribution in [1.82, 2.24) is 5.32 Å². The van der Waals surface area contributed by atoms with Crippen LogP contribution in [-0.4, -0.2) is 14.2 Å². The molecular formula is C13H12BrClINOS. The predicted molar refractivity (Wildman–Crippen MR) is 93.6 cm³/mol. The number of hydrogen-bond acceptors (Lipinski definition) is 3. The van der Waals surface area contributed by atoms with E-state index in [1.165, 1.54) is 8.45 Å². The molecule has 0 radical (unpaired) electrons. The van der Waals surface area contributed by atoms with Crippen LogP contribution in [0.15, 0.2) is 28.1 Å². The molecule has 0 saturated carbocycles. The van der Waals surface area contributed by atoms with Crippen molar-refractivity contribution in [3.05, 3.63) is 47.1 Å². The minimum Gasteiger partial charge on any atom is -0.495 e. The van der Waals surface area contributed by atoms with Crippen LogP contribution in [0.25, 0.3) is 0 Å². The maximum Gasteiger partial charge on any atom is 0.138 e. The van der Waals surface area contributed by atoms with Crippen molar-refractivity contribution in [2.45, 2.75) is 6.04 Å². The zero-order valence-corrected chi connectivity index (χ0v) is 15.7. The van der Waals surface area contributed by atoms with Gasteiger partial charge in [-0.1, -0.05) is 11.6 Å². The second-order valence-corrected chi connectivity index (χ2v) is 8.01. The fraction of sp³-hybridized carbons (Fsp3) is 0.231. The third-order valence-electron chi connectivity index (χ3n) is 2.76. The van der Waals surface area contributed by atoms with Crippen LogP contribution < -0.4 is 10.1 Å². The Morgan fingerprint density at radius 1 is 1.42 bits per heavy atom. The molecule has 19 heavy (non-hydrogen) atoms. The first-order valence-electron chi connectivity index (χ1n) is 5.51. The van der Waals surface area contributed by atoms with E-state index in [0.29, 0.717) is 5.02 Å². The first kappa shape index (κ1) is 15.6. The van der Waals surface area contributed by atoms with Gasteiger partial charge in [-0.25, -0.2) is 0 Å². The highest BCUT2D eigenvalue weighted by Crippen LogP contribution is 2.39. The molecule has 1 atom stereocenters.